The first-order valence-electron chi connectivity index (χ1n) is 4.06. The average Bonchev–Trinajstić information content (AvgIpc) is 2.85. The van der Waals surface area contributed by atoms with Gasteiger partial charge in [0.25, 0.3) is 0 Å². The lowest BCUT2D eigenvalue weighted by molar-refractivity contribution is -0.138. The van der Waals surface area contributed by atoms with E-state index in [0.717, 1.165) is 17.1 Å². The standard InChI is InChI=1S/C7H3F3N4O2S/c8-7(9,10)5-12-13-6(17-5)14-1-3(4(15)16)11-2-14/h1-2H,(H,15,16). The van der Waals surface area contributed by atoms with Crippen LogP contribution in [0, 0.1) is 0 Å². The number of rotatable bonds is 2. The second-order valence-electron chi connectivity index (χ2n) is 2.86. The molecular weight excluding hydrogens is 261 g/mol. The third-order valence-electron chi connectivity index (χ3n) is 1.68. The Kier molecular flexibility index (Phi) is 2.58. The van der Waals surface area contributed by atoms with Crippen molar-refractivity contribution in [1.29, 1.82) is 0 Å². The largest absolute Gasteiger partial charge is 0.476 e. The van der Waals surface area contributed by atoms with Gasteiger partial charge < -0.3 is 5.11 Å². The Morgan fingerprint density at radius 3 is 2.59 bits per heavy atom. The zero-order valence-electron chi connectivity index (χ0n) is 7.84. The fraction of sp³-hybridized carbons (Fsp3) is 0.143. The van der Waals surface area contributed by atoms with Crippen LogP contribution < -0.4 is 0 Å². The quantitative estimate of drug-likeness (QED) is 0.887. The summed E-state index contributed by atoms with van der Waals surface area (Å²) in [5.74, 6) is -1.27. The van der Waals surface area contributed by atoms with Crippen LogP contribution in [0.4, 0.5) is 13.2 Å². The molecule has 6 nitrogen and oxygen atoms in total. The van der Waals surface area contributed by atoms with Crippen molar-refractivity contribution in [2.45, 2.75) is 6.18 Å². The number of hydrogen-bond acceptors (Lipinski definition) is 5. The topological polar surface area (TPSA) is 80.9 Å². The Bertz CT molecular complexity index is 561. The molecule has 90 valence electrons. The lowest BCUT2D eigenvalue weighted by Gasteiger charge is -1.97. The van der Waals surface area contributed by atoms with Crippen molar-refractivity contribution in [3.8, 4) is 5.13 Å². The smallest absolute Gasteiger partial charge is 0.445 e. The highest BCUT2D eigenvalue weighted by Crippen LogP contribution is 2.32. The minimum absolute atomic E-state index is 0.0997. The number of carbonyl (C=O) groups is 1. The molecule has 17 heavy (non-hydrogen) atoms. The van der Waals surface area contributed by atoms with Crippen LogP contribution in [0.1, 0.15) is 15.5 Å². The van der Waals surface area contributed by atoms with Gasteiger partial charge >= 0.3 is 12.1 Å². The summed E-state index contributed by atoms with van der Waals surface area (Å²) in [6, 6.07) is 0. The molecule has 0 radical (unpaired) electrons. The number of carboxylic acid groups (broad SMARTS) is 1. The van der Waals surface area contributed by atoms with Gasteiger partial charge in [0.05, 0.1) is 0 Å². The van der Waals surface area contributed by atoms with E-state index in [2.05, 4.69) is 15.2 Å². The predicted molar refractivity (Wildman–Crippen MR) is 49.0 cm³/mol. The summed E-state index contributed by atoms with van der Waals surface area (Å²) in [5, 5.41) is 13.7. The van der Waals surface area contributed by atoms with E-state index in [1.165, 1.54) is 0 Å². The molecule has 0 saturated carbocycles. The number of imidazole rings is 1. The summed E-state index contributed by atoms with van der Waals surface area (Å²) in [6.45, 7) is 0. The fourth-order valence-electron chi connectivity index (χ4n) is 0.972. The Morgan fingerprint density at radius 1 is 1.41 bits per heavy atom. The number of carboxylic acids is 1. The number of aromatic nitrogens is 4. The van der Waals surface area contributed by atoms with Crippen LogP contribution >= 0.6 is 11.3 Å². The highest BCUT2D eigenvalue weighted by Gasteiger charge is 2.35. The van der Waals surface area contributed by atoms with E-state index in [1.807, 2.05) is 0 Å². The average molecular weight is 264 g/mol. The van der Waals surface area contributed by atoms with Crippen molar-refractivity contribution in [1.82, 2.24) is 19.7 Å². The molecule has 1 N–H and O–H groups in total. The first kappa shape index (κ1) is 11.5. The van der Waals surface area contributed by atoms with Crippen molar-refractivity contribution in [3.63, 3.8) is 0 Å². The second kappa shape index (κ2) is 3.80. The third kappa shape index (κ3) is 2.25. The molecule has 0 unspecified atom stereocenters. The number of halogens is 3. The summed E-state index contributed by atoms with van der Waals surface area (Å²) < 4.78 is 37.8. The van der Waals surface area contributed by atoms with Gasteiger partial charge in [0.1, 0.15) is 6.33 Å². The van der Waals surface area contributed by atoms with Crippen LogP contribution in [0.5, 0.6) is 0 Å². The van der Waals surface area contributed by atoms with Gasteiger partial charge in [-0.2, -0.15) is 13.2 Å². The maximum absolute atomic E-state index is 12.2. The zero-order valence-corrected chi connectivity index (χ0v) is 8.66. The van der Waals surface area contributed by atoms with E-state index in [-0.39, 0.29) is 10.8 Å². The first-order valence-corrected chi connectivity index (χ1v) is 4.88. The molecule has 0 bridgehead atoms. The molecule has 2 aromatic heterocycles. The van der Waals surface area contributed by atoms with Gasteiger partial charge in [-0.05, 0) is 0 Å². The van der Waals surface area contributed by atoms with Crippen molar-refractivity contribution < 1.29 is 23.1 Å². The SMILES string of the molecule is O=C(O)c1cn(-c2nnc(C(F)(F)F)s2)cn1. The minimum Gasteiger partial charge on any atom is -0.476 e. The third-order valence-corrected chi connectivity index (χ3v) is 2.66. The fourth-order valence-corrected chi connectivity index (χ4v) is 1.63. The molecule has 0 spiro atoms. The Hall–Kier alpha value is -1.97. The van der Waals surface area contributed by atoms with Gasteiger partial charge in [-0.15, -0.1) is 10.2 Å². The van der Waals surface area contributed by atoms with E-state index in [4.69, 9.17) is 5.11 Å². The Morgan fingerprint density at radius 2 is 2.12 bits per heavy atom. The second-order valence-corrected chi connectivity index (χ2v) is 3.81. The minimum atomic E-state index is -4.56. The van der Waals surface area contributed by atoms with Crippen LogP contribution in [0.15, 0.2) is 12.5 Å². The maximum Gasteiger partial charge on any atom is 0.445 e. The summed E-state index contributed by atoms with van der Waals surface area (Å²) >= 11 is 0.301. The molecular formula is C7H3F3N4O2S. The number of alkyl halides is 3. The summed E-state index contributed by atoms with van der Waals surface area (Å²) in [4.78, 5) is 14.0. The molecule has 2 aromatic rings. The number of nitrogens with zero attached hydrogens (tertiary/aromatic N) is 4. The number of hydrogen-bond donors (Lipinski definition) is 1. The van der Waals surface area contributed by atoms with Gasteiger partial charge in [0.15, 0.2) is 5.69 Å². The zero-order chi connectivity index (χ0) is 12.6. The summed E-state index contributed by atoms with van der Waals surface area (Å²) in [7, 11) is 0. The molecule has 0 aromatic carbocycles. The molecule has 10 heteroatoms. The van der Waals surface area contributed by atoms with Gasteiger partial charge in [0, 0.05) is 6.20 Å². The van der Waals surface area contributed by atoms with E-state index in [0.29, 0.717) is 11.3 Å². The van der Waals surface area contributed by atoms with Gasteiger partial charge in [-0.1, -0.05) is 11.3 Å². The number of aromatic carboxylic acids is 1. The van der Waals surface area contributed by atoms with Crippen molar-refractivity contribution in [2.75, 3.05) is 0 Å². The van der Waals surface area contributed by atoms with Gasteiger partial charge in [-0.25, -0.2) is 9.78 Å². The Balaban J connectivity index is 2.34. The van der Waals surface area contributed by atoms with E-state index in [1.54, 1.807) is 0 Å². The van der Waals surface area contributed by atoms with Crippen molar-refractivity contribution in [2.24, 2.45) is 0 Å². The maximum atomic E-state index is 12.2. The summed E-state index contributed by atoms with van der Waals surface area (Å²) in [6.07, 6.45) is -2.45. The van der Waals surface area contributed by atoms with Crippen LogP contribution in [-0.4, -0.2) is 30.8 Å². The molecule has 0 fully saturated rings. The molecule has 2 heterocycles. The highest BCUT2D eigenvalue weighted by atomic mass is 32.1. The van der Waals surface area contributed by atoms with Crippen LogP contribution in [-0.2, 0) is 6.18 Å². The van der Waals surface area contributed by atoms with E-state index >= 15 is 0 Å². The molecule has 0 amide bonds. The molecule has 2 rings (SSSR count). The molecule has 0 atom stereocenters. The first-order chi connectivity index (χ1) is 7.88. The molecule has 0 aliphatic rings. The molecule has 0 aliphatic carbocycles. The van der Waals surface area contributed by atoms with Crippen LogP contribution in [0.2, 0.25) is 0 Å². The van der Waals surface area contributed by atoms with Crippen LogP contribution in [0.3, 0.4) is 0 Å². The lowest BCUT2D eigenvalue weighted by atomic mass is 10.5. The van der Waals surface area contributed by atoms with Crippen molar-refractivity contribution >= 4 is 17.3 Å². The van der Waals surface area contributed by atoms with Crippen LogP contribution in [0.25, 0.3) is 5.13 Å². The van der Waals surface area contributed by atoms with Gasteiger partial charge in [-0.3, -0.25) is 4.57 Å². The molecule has 0 saturated heterocycles. The normalized spacial score (nSPS) is 11.7. The van der Waals surface area contributed by atoms with Gasteiger partial charge in [0.2, 0.25) is 10.1 Å². The van der Waals surface area contributed by atoms with E-state index in [9.17, 15) is 18.0 Å². The predicted octanol–water partition coefficient (Wildman–Crippen LogP) is 1.44. The Labute approximate surface area is 95.4 Å². The summed E-state index contributed by atoms with van der Waals surface area (Å²) in [5.41, 5.74) is -0.284. The monoisotopic (exact) mass is 264 g/mol. The van der Waals surface area contributed by atoms with E-state index < -0.39 is 17.2 Å². The molecule has 0 aliphatic heterocycles. The highest BCUT2D eigenvalue weighted by molar-refractivity contribution is 7.13. The lowest BCUT2D eigenvalue weighted by Crippen LogP contribution is -2.03. The van der Waals surface area contributed by atoms with Crippen molar-refractivity contribution in [3.05, 3.63) is 23.2 Å².